The van der Waals surface area contributed by atoms with Gasteiger partial charge in [-0.15, -0.1) is 0 Å². The Morgan fingerprint density at radius 1 is 0.625 bits per heavy atom. The molecular weight excluding hydrogens is 300 g/mol. The SMILES string of the molecule is CCCCC(O)CC.CCCCCC(C)O.CCCCCCCO. The maximum Gasteiger partial charge on any atom is 0.0537 e. The third kappa shape index (κ3) is 37.8. The average Bonchev–Trinajstić information content (AvgIpc) is 2.58. The van der Waals surface area contributed by atoms with E-state index in [0.29, 0.717) is 6.61 Å². The molecule has 0 aromatic rings. The first kappa shape index (κ1) is 28.7. The Hall–Kier alpha value is -0.120. The number of hydrogen-bond acceptors (Lipinski definition) is 3. The van der Waals surface area contributed by atoms with Crippen LogP contribution in [0.5, 0.6) is 0 Å². The summed E-state index contributed by atoms with van der Waals surface area (Å²) < 4.78 is 0. The highest BCUT2D eigenvalue weighted by Gasteiger charge is 1.96. The molecule has 0 heterocycles. The van der Waals surface area contributed by atoms with E-state index in [1.807, 2.05) is 13.8 Å². The zero-order valence-electron chi connectivity index (χ0n) is 17.4. The zero-order valence-corrected chi connectivity index (χ0v) is 17.4. The van der Waals surface area contributed by atoms with Crippen LogP contribution in [0.25, 0.3) is 0 Å². The van der Waals surface area contributed by atoms with Gasteiger partial charge in [0.1, 0.15) is 0 Å². The summed E-state index contributed by atoms with van der Waals surface area (Å²) >= 11 is 0. The van der Waals surface area contributed by atoms with Crippen molar-refractivity contribution in [2.45, 2.75) is 130 Å². The lowest BCUT2D eigenvalue weighted by Crippen LogP contribution is -2.02. The van der Waals surface area contributed by atoms with Crippen molar-refractivity contribution in [2.75, 3.05) is 6.61 Å². The predicted octanol–water partition coefficient (Wildman–Crippen LogP) is 5.84. The van der Waals surface area contributed by atoms with Crippen molar-refractivity contribution >= 4 is 0 Å². The van der Waals surface area contributed by atoms with Crippen molar-refractivity contribution in [2.24, 2.45) is 0 Å². The second-order valence-corrected chi connectivity index (χ2v) is 6.69. The topological polar surface area (TPSA) is 60.7 Å². The first-order valence-corrected chi connectivity index (χ1v) is 10.5. The lowest BCUT2D eigenvalue weighted by atomic mass is 10.1. The van der Waals surface area contributed by atoms with E-state index >= 15 is 0 Å². The quantitative estimate of drug-likeness (QED) is 0.366. The Kier molecular flexibility index (Phi) is 33.1. The molecule has 2 atom stereocenters. The lowest BCUT2D eigenvalue weighted by molar-refractivity contribution is 0.157. The fraction of sp³-hybridized carbons (Fsp3) is 1.00. The summed E-state index contributed by atoms with van der Waals surface area (Å²) in [6, 6.07) is 0. The van der Waals surface area contributed by atoms with Crippen LogP contribution in [0.15, 0.2) is 0 Å². The molecule has 150 valence electrons. The van der Waals surface area contributed by atoms with E-state index < -0.39 is 0 Å². The van der Waals surface area contributed by atoms with E-state index in [0.717, 1.165) is 32.1 Å². The standard InChI is InChI=1S/3C7H16O/c1-3-4-5-6-7(2)8;1-3-5-6-7(8)4-2;1-2-3-4-5-6-7-8/h2*7-8H,3-6H2,1-2H3;8H,2-7H2,1H3. The molecule has 0 fully saturated rings. The van der Waals surface area contributed by atoms with Crippen LogP contribution in [0.2, 0.25) is 0 Å². The summed E-state index contributed by atoms with van der Waals surface area (Å²) in [6.45, 7) is 10.7. The third-order valence-electron chi connectivity index (χ3n) is 3.85. The minimum absolute atomic E-state index is 0.0463. The van der Waals surface area contributed by atoms with Crippen LogP contribution in [0, 0.1) is 0 Å². The number of aliphatic hydroxyl groups is 3. The van der Waals surface area contributed by atoms with Gasteiger partial charge in [-0.25, -0.2) is 0 Å². The Balaban J connectivity index is -0.000000276. The van der Waals surface area contributed by atoms with Crippen LogP contribution < -0.4 is 0 Å². The smallest absolute Gasteiger partial charge is 0.0537 e. The molecule has 0 aliphatic carbocycles. The Morgan fingerprint density at radius 2 is 1.12 bits per heavy atom. The predicted molar refractivity (Wildman–Crippen MR) is 107 cm³/mol. The average molecular weight is 349 g/mol. The minimum atomic E-state index is -0.0958. The Morgan fingerprint density at radius 3 is 1.54 bits per heavy atom. The number of hydrogen-bond donors (Lipinski definition) is 3. The monoisotopic (exact) mass is 348 g/mol. The lowest BCUT2D eigenvalue weighted by Gasteiger charge is -2.03. The van der Waals surface area contributed by atoms with Gasteiger partial charge in [0.15, 0.2) is 0 Å². The van der Waals surface area contributed by atoms with Crippen molar-refractivity contribution < 1.29 is 15.3 Å². The Bertz CT molecular complexity index is 178. The van der Waals surface area contributed by atoms with Crippen molar-refractivity contribution in [3.63, 3.8) is 0 Å². The van der Waals surface area contributed by atoms with Gasteiger partial charge in [0, 0.05) is 6.61 Å². The van der Waals surface area contributed by atoms with Gasteiger partial charge in [0.05, 0.1) is 12.2 Å². The molecule has 0 aromatic carbocycles. The van der Waals surface area contributed by atoms with Crippen LogP contribution in [0.3, 0.4) is 0 Å². The van der Waals surface area contributed by atoms with Crippen LogP contribution in [0.4, 0.5) is 0 Å². The molecule has 24 heavy (non-hydrogen) atoms. The maximum absolute atomic E-state index is 8.99. The van der Waals surface area contributed by atoms with Gasteiger partial charge in [-0.3, -0.25) is 0 Å². The van der Waals surface area contributed by atoms with Gasteiger partial charge in [0.2, 0.25) is 0 Å². The van der Waals surface area contributed by atoms with Gasteiger partial charge in [-0.1, -0.05) is 85.5 Å². The van der Waals surface area contributed by atoms with Crippen molar-refractivity contribution in [3.8, 4) is 0 Å². The molecule has 3 N–H and O–H groups in total. The minimum Gasteiger partial charge on any atom is -0.396 e. The summed E-state index contributed by atoms with van der Waals surface area (Å²) in [5, 5.41) is 26.1. The number of aliphatic hydroxyl groups excluding tert-OH is 3. The van der Waals surface area contributed by atoms with E-state index in [2.05, 4.69) is 20.8 Å². The van der Waals surface area contributed by atoms with Crippen LogP contribution in [-0.2, 0) is 0 Å². The molecule has 3 heteroatoms. The second-order valence-electron chi connectivity index (χ2n) is 6.69. The normalized spacial score (nSPS) is 12.5. The molecule has 0 radical (unpaired) electrons. The molecule has 0 aromatic heterocycles. The van der Waals surface area contributed by atoms with Gasteiger partial charge in [-0.05, 0) is 32.6 Å². The highest BCUT2D eigenvalue weighted by Crippen LogP contribution is 2.02. The number of rotatable bonds is 13. The fourth-order valence-corrected chi connectivity index (χ4v) is 2.05. The van der Waals surface area contributed by atoms with E-state index in [9.17, 15) is 0 Å². The summed E-state index contributed by atoms with van der Waals surface area (Å²) in [7, 11) is 0. The van der Waals surface area contributed by atoms with Crippen molar-refractivity contribution in [1.29, 1.82) is 0 Å². The van der Waals surface area contributed by atoms with Crippen molar-refractivity contribution in [3.05, 3.63) is 0 Å². The Labute approximate surface area is 152 Å². The van der Waals surface area contributed by atoms with E-state index in [4.69, 9.17) is 15.3 Å². The van der Waals surface area contributed by atoms with Crippen molar-refractivity contribution in [1.82, 2.24) is 0 Å². The fourth-order valence-electron chi connectivity index (χ4n) is 2.05. The largest absolute Gasteiger partial charge is 0.396 e. The van der Waals surface area contributed by atoms with Gasteiger partial charge in [-0.2, -0.15) is 0 Å². The first-order chi connectivity index (χ1) is 11.5. The summed E-state index contributed by atoms with van der Waals surface area (Å²) in [4.78, 5) is 0. The van der Waals surface area contributed by atoms with Crippen LogP contribution in [0.1, 0.15) is 118 Å². The van der Waals surface area contributed by atoms with E-state index in [1.54, 1.807) is 0 Å². The highest BCUT2D eigenvalue weighted by molar-refractivity contribution is 4.50. The molecule has 0 aliphatic heterocycles. The molecule has 0 aliphatic rings. The molecule has 3 nitrogen and oxygen atoms in total. The zero-order chi connectivity index (χ0) is 19.1. The third-order valence-corrected chi connectivity index (χ3v) is 3.85. The van der Waals surface area contributed by atoms with Crippen LogP contribution in [-0.4, -0.2) is 34.1 Å². The number of unbranched alkanes of at least 4 members (excludes halogenated alkanes) is 7. The molecule has 0 saturated heterocycles. The second kappa shape index (κ2) is 27.7. The summed E-state index contributed by atoms with van der Waals surface area (Å²) in [6.07, 6.45) is 14.8. The molecule has 0 saturated carbocycles. The first-order valence-electron chi connectivity index (χ1n) is 10.5. The molecule has 0 rings (SSSR count). The van der Waals surface area contributed by atoms with Gasteiger partial charge >= 0.3 is 0 Å². The van der Waals surface area contributed by atoms with Gasteiger partial charge in [0.25, 0.3) is 0 Å². The molecule has 0 bridgehead atoms. The summed E-state index contributed by atoms with van der Waals surface area (Å²) in [5.74, 6) is 0. The molecule has 0 spiro atoms. The highest BCUT2D eigenvalue weighted by atomic mass is 16.3. The van der Waals surface area contributed by atoms with Crippen LogP contribution >= 0.6 is 0 Å². The van der Waals surface area contributed by atoms with E-state index in [-0.39, 0.29) is 12.2 Å². The molecular formula is C21H48O3. The van der Waals surface area contributed by atoms with Gasteiger partial charge < -0.3 is 15.3 Å². The molecule has 0 amide bonds. The summed E-state index contributed by atoms with van der Waals surface area (Å²) in [5.41, 5.74) is 0. The van der Waals surface area contributed by atoms with E-state index in [1.165, 1.54) is 51.4 Å². The molecule has 2 unspecified atom stereocenters. The maximum atomic E-state index is 8.99.